The molecule has 1 saturated heterocycles. The molecule has 1 aliphatic heterocycles. The van der Waals surface area contributed by atoms with Crippen molar-refractivity contribution in [1.29, 1.82) is 0 Å². The van der Waals surface area contributed by atoms with E-state index in [1.165, 1.54) is 0 Å². The summed E-state index contributed by atoms with van der Waals surface area (Å²) >= 11 is 1.71. The minimum Gasteiger partial charge on any atom is -0.337 e. The Morgan fingerprint density at radius 3 is 2.74 bits per heavy atom. The second-order valence-electron chi connectivity index (χ2n) is 4.73. The quantitative estimate of drug-likeness (QED) is 0.892. The molecule has 1 aromatic rings. The Hall–Kier alpha value is -0.800. The van der Waals surface area contributed by atoms with Crippen molar-refractivity contribution in [2.45, 2.75) is 24.7 Å². The molecule has 19 heavy (non-hydrogen) atoms. The highest BCUT2D eigenvalue weighted by Gasteiger charge is 2.53. The van der Waals surface area contributed by atoms with Crippen LogP contribution in [0, 0.1) is 0 Å². The van der Waals surface area contributed by atoms with Crippen LogP contribution in [0.4, 0.5) is 13.2 Å². The van der Waals surface area contributed by atoms with Crippen LogP contribution in [0.1, 0.15) is 24.7 Å². The Labute approximate surface area is 112 Å². The van der Waals surface area contributed by atoms with E-state index in [9.17, 15) is 13.2 Å². The maximum absolute atomic E-state index is 12.8. The van der Waals surface area contributed by atoms with Crippen molar-refractivity contribution in [2.75, 3.05) is 25.1 Å². The van der Waals surface area contributed by atoms with Crippen molar-refractivity contribution in [3.63, 3.8) is 0 Å². The highest BCUT2D eigenvalue weighted by Crippen LogP contribution is 2.36. The second-order valence-corrected chi connectivity index (χ2v) is 5.88. The average molecular weight is 296 g/mol. The minimum atomic E-state index is -4.63. The normalized spacial score (nSPS) is 25.3. The molecule has 2 unspecified atom stereocenters. The molecule has 0 spiro atoms. The van der Waals surface area contributed by atoms with Crippen LogP contribution in [0.15, 0.2) is 4.52 Å². The van der Waals surface area contributed by atoms with Crippen LogP contribution in [0.2, 0.25) is 0 Å². The predicted molar refractivity (Wildman–Crippen MR) is 64.6 cm³/mol. The summed E-state index contributed by atoms with van der Waals surface area (Å²) in [5, 5.41) is 3.65. The molecule has 0 amide bonds. The third kappa shape index (κ3) is 2.72. The predicted octanol–water partition coefficient (Wildman–Crippen LogP) is 1.53. The molecule has 0 bridgehead atoms. The van der Waals surface area contributed by atoms with Gasteiger partial charge in [-0.15, -0.1) is 0 Å². The molecule has 2 heterocycles. The van der Waals surface area contributed by atoms with Crippen LogP contribution in [0.3, 0.4) is 0 Å². The topological polar surface area (TPSA) is 68.2 Å². The van der Waals surface area contributed by atoms with Gasteiger partial charge in [-0.1, -0.05) is 5.16 Å². The lowest BCUT2D eigenvalue weighted by atomic mass is 10.0. The number of aromatic nitrogens is 2. The summed E-state index contributed by atoms with van der Waals surface area (Å²) in [6.07, 6.45) is -4.63. The summed E-state index contributed by atoms with van der Waals surface area (Å²) < 4.78 is 43.1. The van der Waals surface area contributed by atoms with Crippen LogP contribution in [0.25, 0.3) is 0 Å². The number of rotatable bonds is 2. The molecule has 9 heteroatoms. The highest BCUT2D eigenvalue weighted by molar-refractivity contribution is 7.99. The molecule has 0 radical (unpaired) electrons. The standard InChI is InChI=1S/C10H15F3N4OS/c1-9(14,10(11,12)13)8-15-7(16-18-8)6-5-19-4-3-17(6)2/h6H,3-5,14H2,1-2H3. The van der Waals surface area contributed by atoms with Gasteiger partial charge < -0.3 is 10.3 Å². The Bertz CT molecular complexity index is 448. The Kier molecular flexibility index (Phi) is 3.80. The van der Waals surface area contributed by atoms with Gasteiger partial charge in [0, 0.05) is 18.1 Å². The Morgan fingerprint density at radius 1 is 1.47 bits per heavy atom. The summed E-state index contributed by atoms with van der Waals surface area (Å²) in [5.74, 6) is 1.36. The maximum Gasteiger partial charge on any atom is 0.415 e. The monoisotopic (exact) mass is 296 g/mol. The first-order valence-electron chi connectivity index (χ1n) is 5.71. The maximum atomic E-state index is 12.8. The molecule has 0 aliphatic carbocycles. The number of halogens is 3. The fraction of sp³-hybridized carbons (Fsp3) is 0.800. The fourth-order valence-electron chi connectivity index (χ4n) is 1.66. The van der Waals surface area contributed by atoms with Gasteiger partial charge in [0.2, 0.25) is 0 Å². The van der Waals surface area contributed by atoms with E-state index in [-0.39, 0.29) is 11.9 Å². The number of hydrogen-bond acceptors (Lipinski definition) is 6. The van der Waals surface area contributed by atoms with Gasteiger partial charge in [-0.2, -0.15) is 29.9 Å². The van der Waals surface area contributed by atoms with E-state index < -0.39 is 17.6 Å². The summed E-state index contributed by atoms with van der Waals surface area (Å²) in [4.78, 5) is 5.84. The van der Waals surface area contributed by atoms with E-state index in [4.69, 9.17) is 10.3 Å². The number of nitrogens with zero attached hydrogens (tertiary/aromatic N) is 3. The first kappa shape index (κ1) is 14.6. The summed E-state index contributed by atoms with van der Waals surface area (Å²) in [7, 11) is 1.88. The molecule has 0 saturated carbocycles. The van der Waals surface area contributed by atoms with E-state index in [1.807, 2.05) is 11.9 Å². The van der Waals surface area contributed by atoms with E-state index in [0.717, 1.165) is 25.0 Å². The van der Waals surface area contributed by atoms with Crippen molar-refractivity contribution in [1.82, 2.24) is 15.0 Å². The van der Waals surface area contributed by atoms with Gasteiger partial charge in [0.25, 0.3) is 5.89 Å². The van der Waals surface area contributed by atoms with Crippen molar-refractivity contribution < 1.29 is 17.7 Å². The molecular weight excluding hydrogens is 281 g/mol. The van der Waals surface area contributed by atoms with Crippen molar-refractivity contribution in [2.24, 2.45) is 5.73 Å². The van der Waals surface area contributed by atoms with Crippen molar-refractivity contribution in [3.8, 4) is 0 Å². The lowest BCUT2D eigenvalue weighted by Gasteiger charge is -2.29. The molecule has 2 N–H and O–H groups in total. The molecule has 1 aromatic heterocycles. The van der Waals surface area contributed by atoms with Gasteiger partial charge in [-0.05, 0) is 14.0 Å². The Morgan fingerprint density at radius 2 is 2.16 bits per heavy atom. The molecule has 0 aromatic carbocycles. The average Bonchev–Trinajstić information content (AvgIpc) is 2.77. The molecule has 108 valence electrons. The van der Waals surface area contributed by atoms with Crippen molar-refractivity contribution >= 4 is 11.8 Å². The van der Waals surface area contributed by atoms with Crippen LogP contribution in [0.5, 0.6) is 0 Å². The smallest absolute Gasteiger partial charge is 0.337 e. The van der Waals surface area contributed by atoms with Gasteiger partial charge in [0.15, 0.2) is 11.4 Å². The van der Waals surface area contributed by atoms with Crippen LogP contribution in [-0.2, 0) is 5.54 Å². The van der Waals surface area contributed by atoms with E-state index in [0.29, 0.717) is 0 Å². The van der Waals surface area contributed by atoms with Gasteiger partial charge in [0.1, 0.15) is 0 Å². The molecule has 1 fully saturated rings. The minimum absolute atomic E-state index is 0.139. The Balaban J connectivity index is 2.24. The molecular formula is C10H15F3N4OS. The van der Waals surface area contributed by atoms with Gasteiger partial charge in [-0.3, -0.25) is 4.90 Å². The lowest BCUT2D eigenvalue weighted by molar-refractivity contribution is -0.190. The fourth-order valence-corrected chi connectivity index (χ4v) is 2.87. The zero-order valence-electron chi connectivity index (χ0n) is 10.6. The largest absolute Gasteiger partial charge is 0.415 e. The van der Waals surface area contributed by atoms with Crippen LogP contribution >= 0.6 is 11.8 Å². The highest BCUT2D eigenvalue weighted by atomic mass is 32.2. The van der Waals surface area contributed by atoms with Gasteiger partial charge in [-0.25, -0.2) is 0 Å². The number of hydrogen-bond donors (Lipinski definition) is 1. The first-order valence-corrected chi connectivity index (χ1v) is 6.86. The van der Waals surface area contributed by atoms with Gasteiger partial charge in [0.05, 0.1) is 6.04 Å². The van der Waals surface area contributed by atoms with Crippen LogP contribution in [-0.4, -0.2) is 46.3 Å². The van der Waals surface area contributed by atoms with Crippen LogP contribution < -0.4 is 5.73 Å². The molecule has 2 atom stereocenters. The molecule has 2 rings (SSSR count). The third-order valence-electron chi connectivity index (χ3n) is 3.17. The van der Waals surface area contributed by atoms with E-state index in [1.54, 1.807) is 11.8 Å². The third-order valence-corrected chi connectivity index (χ3v) is 4.19. The summed E-state index contributed by atoms with van der Waals surface area (Å²) in [6, 6.07) is -0.139. The molecule has 1 aliphatic rings. The first-order chi connectivity index (χ1) is 8.73. The van der Waals surface area contributed by atoms with E-state index in [2.05, 4.69) is 10.1 Å². The number of nitrogens with two attached hydrogens (primary N) is 1. The second kappa shape index (κ2) is 4.95. The zero-order valence-corrected chi connectivity index (χ0v) is 11.4. The van der Waals surface area contributed by atoms with Crippen molar-refractivity contribution in [3.05, 3.63) is 11.7 Å². The van der Waals surface area contributed by atoms with Gasteiger partial charge >= 0.3 is 6.18 Å². The summed E-state index contributed by atoms with van der Waals surface area (Å²) in [5.41, 5.74) is 2.63. The number of alkyl halides is 3. The molecule has 5 nitrogen and oxygen atoms in total. The zero-order chi connectivity index (χ0) is 14.3. The lowest BCUT2D eigenvalue weighted by Crippen LogP contribution is -2.48. The SMILES string of the molecule is CN1CCSCC1c1noc(C(C)(N)C(F)(F)F)n1. The number of thioether (sulfide) groups is 1. The van der Waals surface area contributed by atoms with E-state index >= 15 is 0 Å². The summed E-state index contributed by atoms with van der Waals surface area (Å²) in [6.45, 7) is 1.65.